The van der Waals surface area contributed by atoms with Crippen molar-refractivity contribution in [2.45, 2.75) is 19.2 Å². The number of rotatable bonds is 3. The number of nitrogens with one attached hydrogen (secondary N) is 1. The van der Waals surface area contributed by atoms with Crippen LogP contribution in [0.5, 0.6) is 11.5 Å². The van der Waals surface area contributed by atoms with E-state index in [0.717, 1.165) is 16.8 Å². The van der Waals surface area contributed by atoms with Crippen molar-refractivity contribution >= 4 is 11.6 Å². The van der Waals surface area contributed by atoms with Gasteiger partial charge in [-0.05, 0) is 29.8 Å². The summed E-state index contributed by atoms with van der Waals surface area (Å²) < 4.78 is 24.7. The number of carbonyl (C=O) groups is 1. The first kappa shape index (κ1) is 15.0. The van der Waals surface area contributed by atoms with Gasteiger partial charge >= 0.3 is 0 Å². The van der Waals surface area contributed by atoms with Crippen molar-refractivity contribution in [2.24, 2.45) is 0 Å². The highest BCUT2D eigenvalue weighted by atomic mass is 19.1. The molecule has 1 unspecified atom stereocenters. The van der Waals surface area contributed by atoms with Crippen LogP contribution >= 0.6 is 0 Å². The van der Waals surface area contributed by atoms with E-state index in [9.17, 15) is 9.18 Å². The lowest BCUT2D eigenvalue weighted by molar-refractivity contribution is -0.117. The molecule has 4 rings (SSSR count). The minimum absolute atomic E-state index is 0.0448. The Morgan fingerprint density at radius 1 is 1.25 bits per heavy atom. The lowest BCUT2D eigenvalue weighted by atomic mass is 10.1. The molecule has 0 fully saturated rings. The number of hydrogen-bond donors (Lipinski definition) is 1. The van der Waals surface area contributed by atoms with E-state index in [-0.39, 0.29) is 18.0 Å². The maximum atomic E-state index is 12.9. The predicted octanol–water partition coefficient (Wildman–Crippen LogP) is 2.23. The maximum Gasteiger partial charge on any atom is 0.231 e. The van der Waals surface area contributed by atoms with E-state index in [1.165, 1.54) is 12.1 Å². The molecule has 0 aromatic heterocycles. The Morgan fingerprint density at radius 2 is 2.04 bits per heavy atom. The number of benzene rings is 2. The van der Waals surface area contributed by atoms with Gasteiger partial charge in [0.15, 0.2) is 17.7 Å². The number of halogens is 1. The van der Waals surface area contributed by atoms with E-state index in [1.807, 2.05) is 12.1 Å². The molecular weight excluding hydrogens is 311 g/mol. The van der Waals surface area contributed by atoms with Crippen LogP contribution in [0.2, 0.25) is 0 Å². The van der Waals surface area contributed by atoms with Crippen molar-refractivity contribution in [3.8, 4) is 11.5 Å². The fourth-order valence-electron chi connectivity index (χ4n) is 3.00. The van der Waals surface area contributed by atoms with Crippen LogP contribution in [0.15, 0.2) is 36.4 Å². The van der Waals surface area contributed by atoms with Gasteiger partial charge in [0, 0.05) is 19.2 Å². The summed E-state index contributed by atoms with van der Waals surface area (Å²) >= 11 is 0. The molecule has 1 atom stereocenters. The van der Waals surface area contributed by atoms with Gasteiger partial charge in [0.2, 0.25) is 5.91 Å². The molecule has 2 aromatic rings. The molecule has 6 heteroatoms. The third-order valence-electron chi connectivity index (χ3n) is 4.36. The molecule has 0 saturated heterocycles. The molecule has 24 heavy (non-hydrogen) atoms. The van der Waals surface area contributed by atoms with Gasteiger partial charge in [0.1, 0.15) is 12.4 Å². The number of amides is 1. The first-order valence-corrected chi connectivity index (χ1v) is 7.81. The second-order valence-electron chi connectivity index (χ2n) is 5.94. The average molecular weight is 328 g/mol. The van der Waals surface area contributed by atoms with E-state index < -0.39 is 0 Å². The highest BCUT2D eigenvalue weighted by molar-refractivity contribution is 6.02. The molecule has 2 heterocycles. The average Bonchev–Trinajstić information content (AvgIpc) is 2.89. The Hall–Kier alpha value is -2.60. The quantitative estimate of drug-likeness (QED) is 0.939. The molecule has 1 amide bonds. The van der Waals surface area contributed by atoms with Gasteiger partial charge < -0.3 is 14.4 Å². The van der Waals surface area contributed by atoms with Crippen LogP contribution < -0.4 is 19.7 Å². The summed E-state index contributed by atoms with van der Waals surface area (Å²) in [6.45, 7) is 0.911. The Balaban J connectivity index is 1.49. The minimum atomic E-state index is -0.324. The summed E-state index contributed by atoms with van der Waals surface area (Å²) in [5.74, 6) is 1.09. The van der Waals surface area contributed by atoms with E-state index in [0.29, 0.717) is 31.1 Å². The predicted molar refractivity (Wildman–Crippen MR) is 86.7 cm³/mol. The lowest BCUT2D eigenvalue weighted by Gasteiger charge is -2.28. The Morgan fingerprint density at radius 3 is 2.83 bits per heavy atom. The maximum absolute atomic E-state index is 12.9. The number of carbonyl (C=O) groups excluding carboxylic acids is 1. The summed E-state index contributed by atoms with van der Waals surface area (Å²) in [7, 11) is 1.76. The summed E-state index contributed by atoms with van der Waals surface area (Å²) in [5, 5.41) is 3.24. The lowest BCUT2D eigenvalue weighted by Crippen LogP contribution is -2.41. The summed E-state index contributed by atoms with van der Waals surface area (Å²) in [6.07, 6.45) is -0.00155. The van der Waals surface area contributed by atoms with E-state index in [1.54, 1.807) is 24.1 Å². The van der Waals surface area contributed by atoms with Gasteiger partial charge in [-0.25, -0.2) is 4.39 Å². The highest BCUT2D eigenvalue weighted by Crippen LogP contribution is 2.43. The van der Waals surface area contributed by atoms with Crippen molar-refractivity contribution < 1.29 is 18.7 Å². The standard InChI is InChI=1S/C18H17FN2O3/c1-21-14-6-7-15-18(13(14)8-17(21)22)24-16(10-23-15)20-9-11-2-4-12(19)5-3-11/h2-7,16,20H,8-10H2,1H3. The highest BCUT2D eigenvalue weighted by Gasteiger charge is 2.32. The molecule has 2 aliphatic heterocycles. The van der Waals surface area contributed by atoms with Crippen molar-refractivity contribution in [1.29, 1.82) is 0 Å². The SMILES string of the molecule is CN1C(=O)Cc2c1ccc1c2OC(NCc2ccc(F)cc2)CO1. The van der Waals surface area contributed by atoms with Gasteiger partial charge in [-0.2, -0.15) is 0 Å². The summed E-state index contributed by atoms with van der Waals surface area (Å²) in [5.41, 5.74) is 2.69. The molecule has 0 aliphatic carbocycles. The van der Waals surface area contributed by atoms with Crippen LogP contribution in [0.3, 0.4) is 0 Å². The number of anilines is 1. The van der Waals surface area contributed by atoms with E-state index in [4.69, 9.17) is 9.47 Å². The van der Waals surface area contributed by atoms with Gasteiger partial charge in [0.05, 0.1) is 12.1 Å². The monoisotopic (exact) mass is 328 g/mol. The number of fused-ring (bicyclic) bond motifs is 3. The second-order valence-corrected chi connectivity index (χ2v) is 5.94. The minimum Gasteiger partial charge on any atom is -0.484 e. The van der Waals surface area contributed by atoms with Crippen molar-refractivity contribution in [3.05, 3.63) is 53.3 Å². The number of likely N-dealkylation sites (N-methyl/N-ethyl adjacent to an activating group) is 1. The largest absolute Gasteiger partial charge is 0.484 e. The van der Waals surface area contributed by atoms with Crippen LogP contribution in [-0.2, 0) is 17.8 Å². The smallest absolute Gasteiger partial charge is 0.231 e. The first-order valence-electron chi connectivity index (χ1n) is 7.81. The molecule has 5 nitrogen and oxygen atoms in total. The molecule has 124 valence electrons. The number of ether oxygens (including phenoxy) is 2. The van der Waals surface area contributed by atoms with E-state index >= 15 is 0 Å². The van der Waals surface area contributed by atoms with Crippen LogP contribution in [0.25, 0.3) is 0 Å². The van der Waals surface area contributed by atoms with Crippen LogP contribution in [0, 0.1) is 5.82 Å². The van der Waals surface area contributed by atoms with Gasteiger partial charge in [-0.1, -0.05) is 12.1 Å². The second kappa shape index (κ2) is 5.79. The third kappa shape index (κ3) is 2.59. The van der Waals surface area contributed by atoms with Gasteiger partial charge in [0.25, 0.3) is 0 Å². The van der Waals surface area contributed by atoms with Crippen LogP contribution in [-0.4, -0.2) is 25.8 Å². The van der Waals surface area contributed by atoms with Crippen molar-refractivity contribution in [1.82, 2.24) is 5.32 Å². The van der Waals surface area contributed by atoms with E-state index in [2.05, 4.69) is 5.32 Å². The molecular formula is C18H17FN2O3. The third-order valence-corrected chi connectivity index (χ3v) is 4.36. The zero-order valence-corrected chi connectivity index (χ0v) is 13.2. The van der Waals surface area contributed by atoms with Crippen LogP contribution in [0.1, 0.15) is 11.1 Å². The number of hydrogen-bond acceptors (Lipinski definition) is 4. The van der Waals surface area contributed by atoms with Crippen molar-refractivity contribution in [2.75, 3.05) is 18.6 Å². The molecule has 0 saturated carbocycles. The summed E-state index contributed by atoms with van der Waals surface area (Å²) in [6, 6.07) is 10.0. The Kier molecular flexibility index (Phi) is 3.61. The Bertz CT molecular complexity index is 792. The first-order chi connectivity index (χ1) is 11.6. The molecule has 2 aliphatic rings. The van der Waals surface area contributed by atoms with Gasteiger partial charge in [-0.15, -0.1) is 0 Å². The van der Waals surface area contributed by atoms with Crippen LogP contribution in [0.4, 0.5) is 10.1 Å². The fraction of sp³-hybridized carbons (Fsp3) is 0.278. The van der Waals surface area contributed by atoms with Gasteiger partial charge in [-0.3, -0.25) is 10.1 Å². The fourth-order valence-corrected chi connectivity index (χ4v) is 3.00. The number of nitrogens with zero attached hydrogens (tertiary/aromatic N) is 1. The molecule has 0 radical (unpaired) electrons. The van der Waals surface area contributed by atoms with Crippen molar-refractivity contribution in [3.63, 3.8) is 0 Å². The molecule has 1 N–H and O–H groups in total. The zero-order chi connectivity index (χ0) is 16.7. The zero-order valence-electron chi connectivity index (χ0n) is 13.2. The molecule has 2 aromatic carbocycles. The summed E-state index contributed by atoms with van der Waals surface area (Å²) in [4.78, 5) is 13.6. The Labute approximate surface area is 139 Å². The topological polar surface area (TPSA) is 50.8 Å². The molecule has 0 bridgehead atoms. The normalized spacial score (nSPS) is 18.7. The molecule has 0 spiro atoms.